The van der Waals surface area contributed by atoms with Crippen molar-refractivity contribution >= 4 is 11.7 Å². The highest BCUT2D eigenvalue weighted by atomic mass is 16.1. The van der Waals surface area contributed by atoms with Gasteiger partial charge in [-0.05, 0) is 24.8 Å². The van der Waals surface area contributed by atoms with Gasteiger partial charge in [-0.25, -0.2) is 0 Å². The SMILES string of the molecule is CC(C)C(C(N)=O)n1ccc2c1CCCC2=O. The number of Topliss-reactive ketones (excluding diaryl/α,β-unsaturated/α-hetero) is 1. The fourth-order valence-electron chi connectivity index (χ4n) is 2.60. The summed E-state index contributed by atoms with van der Waals surface area (Å²) >= 11 is 0. The summed E-state index contributed by atoms with van der Waals surface area (Å²) in [6, 6.07) is 1.46. The molecule has 0 radical (unpaired) electrons. The zero-order valence-electron chi connectivity index (χ0n) is 10.3. The molecule has 2 N–H and O–H groups in total. The number of nitrogens with zero attached hydrogens (tertiary/aromatic N) is 1. The van der Waals surface area contributed by atoms with Crippen molar-refractivity contribution in [1.29, 1.82) is 0 Å². The molecule has 0 aliphatic heterocycles. The summed E-state index contributed by atoms with van der Waals surface area (Å²) in [5.74, 6) is -0.0329. The molecule has 1 aliphatic carbocycles. The van der Waals surface area contributed by atoms with Crippen LogP contribution >= 0.6 is 0 Å². The maximum Gasteiger partial charge on any atom is 0.240 e. The minimum atomic E-state index is -0.357. The van der Waals surface area contributed by atoms with Crippen molar-refractivity contribution in [3.05, 3.63) is 23.5 Å². The van der Waals surface area contributed by atoms with Gasteiger partial charge in [0, 0.05) is 23.9 Å². The molecule has 0 saturated heterocycles. The van der Waals surface area contributed by atoms with Gasteiger partial charge < -0.3 is 10.3 Å². The van der Waals surface area contributed by atoms with E-state index >= 15 is 0 Å². The molecule has 2 rings (SSSR count). The smallest absolute Gasteiger partial charge is 0.240 e. The van der Waals surface area contributed by atoms with Crippen LogP contribution < -0.4 is 5.73 Å². The first-order valence-corrected chi connectivity index (χ1v) is 6.04. The molecule has 1 aliphatic rings. The van der Waals surface area contributed by atoms with Crippen molar-refractivity contribution in [3.8, 4) is 0 Å². The largest absolute Gasteiger partial charge is 0.368 e. The fourth-order valence-corrected chi connectivity index (χ4v) is 2.60. The highest BCUT2D eigenvalue weighted by molar-refractivity contribution is 5.98. The summed E-state index contributed by atoms with van der Waals surface area (Å²) < 4.78 is 1.89. The Labute approximate surface area is 101 Å². The van der Waals surface area contributed by atoms with Gasteiger partial charge in [-0.3, -0.25) is 9.59 Å². The van der Waals surface area contributed by atoms with Crippen LogP contribution in [0.1, 0.15) is 48.8 Å². The number of hydrogen-bond donors (Lipinski definition) is 1. The van der Waals surface area contributed by atoms with E-state index < -0.39 is 0 Å². The van der Waals surface area contributed by atoms with Crippen molar-refractivity contribution in [1.82, 2.24) is 4.57 Å². The third-order valence-electron chi connectivity index (χ3n) is 3.36. The first-order chi connectivity index (χ1) is 8.02. The number of carbonyl (C=O) groups is 2. The van der Waals surface area contributed by atoms with E-state index in [9.17, 15) is 9.59 Å². The van der Waals surface area contributed by atoms with E-state index in [1.54, 1.807) is 0 Å². The lowest BCUT2D eigenvalue weighted by Gasteiger charge is -2.24. The van der Waals surface area contributed by atoms with Gasteiger partial charge in [0.15, 0.2) is 5.78 Å². The Kier molecular flexibility index (Phi) is 3.05. The predicted molar refractivity (Wildman–Crippen MR) is 64.8 cm³/mol. The van der Waals surface area contributed by atoms with E-state index in [1.807, 2.05) is 30.7 Å². The first-order valence-electron chi connectivity index (χ1n) is 6.04. The number of amides is 1. The summed E-state index contributed by atoms with van der Waals surface area (Å²) in [5, 5.41) is 0. The maximum absolute atomic E-state index is 11.7. The highest BCUT2D eigenvalue weighted by Crippen LogP contribution is 2.28. The van der Waals surface area contributed by atoms with Crippen LogP contribution in [0.3, 0.4) is 0 Å². The molecule has 4 nitrogen and oxygen atoms in total. The van der Waals surface area contributed by atoms with Crippen molar-refractivity contribution in [2.24, 2.45) is 11.7 Å². The second-order valence-electron chi connectivity index (χ2n) is 4.95. The highest BCUT2D eigenvalue weighted by Gasteiger charge is 2.28. The van der Waals surface area contributed by atoms with Crippen LogP contribution in [0, 0.1) is 5.92 Å². The second-order valence-corrected chi connectivity index (χ2v) is 4.95. The minimum Gasteiger partial charge on any atom is -0.368 e. The molecule has 4 heteroatoms. The van der Waals surface area contributed by atoms with Gasteiger partial charge in [0.05, 0.1) is 0 Å². The summed E-state index contributed by atoms with van der Waals surface area (Å²) in [5.41, 5.74) is 7.19. The number of hydrogen-bond acceptors (Lipinski definition) is 2. The molecule has 1 amide bonds. The molecule has 0 saturated carbocycles. The van der Waals surface area contributed by atoms with Crippen LogP contribution in [0.5, 0.6) is 0 Å². The summed E-state index contributed by atoms with van der Waals surface area (Å²) in [6.07, 6.45) is 4.15. The summed E-state index contributed by atoms with van der Waals surface area (Å²) in [6.45, 7) is 3.93. The van der Waals surface area contributed by atoms with E-state index in [0.29, 0.717) is 6.42 Å². The number of rotatable bonds is 3. The van der Waals surface area contributed by atoms with Gasteiger partial charge >= 0.3 is 0 Å². The molecule has 1 unspecified atom stereocenters. The molecular weight excluding hydrogens is 216 g/mol. The van der Waals surface area contributed by atoms with Crippen molar-refractivity contribution in [2.45, 2.75) is 39.2 Å². The fraction of sp³-hybridized carbons (Fsp3) is 0.538. The standard InChI is InChI=1S/C13H18N2O2/c1-8(2)12(13(14)17)15-7-6-9-10(15)4-3-5-11(9)16/h6-8,12H,3-5H2,1-2H3,(H2,14,17). The van der Waals surface area contributed by atoms with Gasteiger partial charge in [-0.2, -0.15) is 0 Å². The number of aromatic nitrogens is 1. The summed E-state index contributed by atoms with van der Waals surface area (Å²) in [4.78, 5) is 23.3. The zero-order valence-corrected chi connectivity index (χ0v) is 10.3. The topological polar surface area (TPSA) is 65.1 Å². The average Bonchev–Trinajstić information content (AvgIpc) is 2.63. The average molecular weight is 234 g/mol. The van der Waals surface area contributed by atoms with Gasteiger partial charge in [0.2, 0.25) is 5.91 Å². The van der Waals surface area contributed by atoms with E-state index in [2.05, 4.69) is 0 Å². The molecule has 92 valence electrons. The molecule has 1 aromatic rings. The predicted octanol–water partition coefficient (Wildman–Crippen LogP) is 1.69. The van der Waals surface area contributed by atoms with Crippen molar-refractivity contribution < 1.29 is 9.59 Å². The van der Waals surface area contributed by atoms with Crippen LogP contribution in [0.15, 0.2) is 12.3 Å². The number of fused-ring (bicyclic) bond motifs is 1. The van der Waals surface area contributed by atoms with Crippen LogP contribution in [0.4, 0.5) is 0 Å². The maximum atomic E-state index is 11.7. The molecule has 0 bridgehead atoms. The number of primary amides is 1. The number of carbonyl (C=O) groups excluding carboxylic acids is 2. The Hall–Kier alpha value is -1.58. The van der Waals surface area contributed by atoms with E-state index in [-0.39, 0.29) is 23.7 Å². The van der Waals surface area contributed by atoms with Crippen molar-refractivity contribution in [2.75, 3.05) is 0 Å². The van der Waals surface area contributed by atoms with Crippen LogP contribution in [0.25, 0.3) is 0 Å². The molecule has 0 fully saturated rings. The monoisotopic (exact) mass is 234 g/mol. The first kappa shape index (κ1) is 11.9. The lowest BCUT2D eigenvalue weighted by atomic mass is 9.95. The molecule has 0 aromatic carbocycles. The molecule has 1 heterocycles. The van der Waals surface area contributed by atoms with Gasteiger partial charge in [-0.15, -0.1) is 0 Å². The Bertz CT molecular complexity index is 460. The minimum absolute atomic E-state index is 0.126. The van der Waals surface area contributed by atoms with Crippen LogP contribution in [-0.2, 0) is 11.2 Å². The van der Waals surface area contributed by atoms with E-state index in [1.165, 1.54) is 0 Å². The second kappa shape index (κ2) is 4.35. The third-order valence-corrected chi connectivity index (χ3v) is 3.36. The lowest BCUT2D eigenvalue weighted by molar-refractivity contribution is -0.122. The van der Waals surface area contributed by atoms with Crippen LogP contribution in [-0.4, -0.2) is 16.3 Å². The van der Waals surface area contributed by atoms with Gasteiger partial charge in [0.25, 0.3) is 0 Å². The quantitative estimate of drug-likeness (QED) is 0.864. The Morgan fingerprint density at radius 3 is 2.71 bits per heavy atom. The lowest BCUT2D eigenvalue weighted by Crippen LogP contribution is -2.31. The van der Waals surface area contributed by atoms with Gasteiger partial charge in [-0.1, -0.05) is 13.8 Å². The van der Waals surface area contributed by atoms with Gasteiger partial charge in [0.1, 0.15) is 6.04 Å². The Morgan fingerprint density at radius 1 is 1.41 bits per heavy atom. The number of ketones is 1. The zero-order chi connectivity index (χ0) is 12.6. The Morgan fingerprint density at radius 2 is 2.12 bits per heavy atom. The van der Waals surface area contributed by atoms with Crippen molar-refractivity contribution in [3.63, 3.8) is 0 Å². The molecule has 0 spiro atoms. The summed E-state index contributed by atoms with van der Waals surface area (Å²) in [7, 11) is 0. The number of nitrogens with two attached hydrogens (primary N) is 1. The van der Waals surface area contributed by atoms with Crippen LogP contribution in [0.2, 0.25) is 0 Å². The molecular formula is C13H18N2O2. The molecule has 1 atom stereocenters. The third kappa shape index (κ3) is 1.99. The Balaban J connectivity index is 2.45. The molecule has 17 heavy (non-hydrogen) atoms. The van der Waals surface area contributed by atoms with E-state index in [4.69, 9.17) is 5.73 Å². The molecule has 1 aromatic heterocycles. The normalized spacial score (nSPS) is 17.0. The van der Waals surface area contributed by atoms with E-state index in [0.717, 1.165) is 24.1 Å².